The molecule has 0 aliphatic carbocycles. The third-order valence-corrected chi connectivity index (χ3v) is 1.04. The molecule has 1 nitrogen and oxygen atoms in total. The lowest BCUT2D eigenvalue weighted by atomic mass is 10.3. The normalized spacial score (nSPS) is 9.56. The second kappa shape index (κ2) is 2.23. The summed E-state index contributed by atoms with van der Waals surface area (Å²) in [5.41, 5.74) is 5.40. The van der Waals surface area contributed by atoms with E-state index in [4.69, 9.17) is 17.3 Å². The molecule has 9 heavy (non-hydrogen) atoms. The van der Waals surface area contributed by atoms with Gasteiger partial charge in [-0.25, -0.2) is 4.39 Å². The predicted molar refractivity (Wildman–Crippen MR) is 34.7 cm³/mol. The van der Waals surface area contributed by atoms with Gasteiger partial charge in [-0.05, 0) is 12.1 Å². The lowest BCUT2D eigenvalue weighted by molar-refractivity contribution is 0.626. The molecule has 0 fully saturated rings. The summed E-state index contributed by atoms with van der Waals surface area (Å²) < 4.78 is 12.2. The number of benzene rings is 1. The number of nitrogen functional groups attached to an aromatic ring is 1. The van der Waals surface area contributed by atoms with Crippen LogP contribution in [0.1, 0.15) is 0 Å². The molecule has 1 rings (SSSR count). The first-order chi connectivity index (χ1) is 4.18. The number of rotatable bonds is 0. The van der Waals surface area contributed by atoms with E-state index in [0.29, 0.717) is 5.02 Å². The molecule has 0 saturated carbocycles. The molecule has 3 heteroatoms. The number of anilines is 1. The van der Waals surface area contributed by atoms with Crippen LogP contribution in [-0.4, -0.2) is 0 Å². The Hall–Kier alpha value is -0.760. The van der Waals surface area contributed by atoms with Crippen molar-refractivity contribution >= 4 is 17.3 Å². The molecule has 0 aromatic heterocycles. The van der Waals surface area contributed by atoms with Gasteiger partial charge in [0.05, 0.1) is 0 Å². The van der Waals surface area contributed by atoms with Gasteiger partial charge in [0.15, 0.2) is 0 Å². The van der Waals surface area contributed by atoms with Crippen LogP contribution in [0, 0.1) is 11.9 Å². The highest BCUT2D eigenvalue weighted by atomic mass is 35.5. The third kappa shape index (κ3) is 1.57. The van der Waals surface area contributed by atoms with Crippen molar-refractivity contribution in [1.82, 2.24) is 0 Å². The first-order valence-electron chi connectivity index (χ1n) is 2.32. The van der Waals surface area contributed by atoms with Crippen LogP contribution in [0.5, 0.6) is 0 Å². The maximum atomic E-state index is 12.2. The Balaban J connectivity index is 3.17. The second-order valence-corrected chi connectivity index (χ2v) is 2.04. The summed E-state index contributed by atoms with van der Waals surface area (Å²) in [4.78, 5) is 0. The van der Waals surface area contributed by atoms with Crippen LogP contribution in [-0.2, 0) is 0 Å². The van der Waals surface area contributed by atoms with E-state index in [2.05, 4.69) is 6.07 Å². The van der Waals surface area contributed by atoms with Crippen LogP contribution in [0.25, 0.3) is 0 Å². The van der Waals surface area contributed by atoms with Gasteiger partial charge in [-0.3, -0.25) is 0 Å². The quantitative estimate of drug-likeness (QED) is 0.553. The molecule has 0 spiro atoms. The standard InChI is InChI=1S/C6H4ClFN/c7-4-1-5(8)3-6(9)2-4/h1-2H,9H2. The van der Waals surface area contributed by atoms with Gasteiger partial charge in [-0.15, -0.1) is 0 Å². The number of nitrogens with two attached hydrogens (primary N) is 1. The van der Waals surface area contributed by atoms with Crippen LogP contribution < -0.4 is 5.73 Å². The molecule has 0 bridgehead atoms. The van der Waals surface area contributed by atoms with E-state index in [1.54, 1.807) is 0 Å². The first-order valence-corrected chi connectivity index (χ1v) is 2.70. The fourth-order valence-electron chi connectivity index (χ4n) is 0.521. The second-order valence-electron chi connectivity index (χ2n) is 1.60. The summed E-state index contributed by atoms with van der Waals surface area (Å²) in [5.74, 6) is -0.528. The van der Waals surface area contributed by atoms with Crippen molar-refractivity contribution in [3.8, 4) is 0 Å². The highest BCUT2D eigenvalue weighted by Crippen LogP contribution is 2.13. The Morgan fingerprint density at radius 3 is 2.67 bits per heavy atom. The minimum Gasteiger partial charge on any atom is -0.398 e. The molecule has 0 amide bonds. The van der Waals surface area contributed by atoms with Crippen molar-refractivity contribution in [1.29, 1.82) is 0 Å². The molecule has 1 aromatic carbocycles. The van der Waals surface area contributed by atoms with E-state index in [1.807, 2.05) is 0 Å². The lowest BCUT2D eigenvalue weighted by Crippen LogP contribution is -1.85. The summed E-state index contributed by atoms with van der Waals surface area (Å²) in [6.45, 7) is 0. The molecule has 0 saturated heterocycles. The van der Waals surface area contributed by atoms with Gasteiger partial charge in [0.1, 0.15) is 5.82 Å². The number of hydrogen-bond donors (Lipinski definition) is 1. The molecule has 47 valence electrons. The van der Waals surface area contributed by atoms with E-state index in [-0.39, 0.29) is 5.69 Å². The van der Waals surface area contributed by atoms with Crippen LogP contribution >= 0.6 is 11.6 Å². The minimum absolute atomic E-state index is 0.222. The average Bonchev–Trinajstić information content (AvgIpc) is 1.59. The third-order valence-electron chi connectivity index (χ3n) is 0.822. The Kier molecular flexibility index (Phi) is 1.58. The highest BCUT2D eigenvalue weighted by Gasteiger charge is 1.93. The first kappa shape index (κ1) is 6.36. The summed E-state index contributed by atoms with van der Waals surface area (Å²) in [5, 5.41) is 0.295. The van der Waals surface area contributed by atoms with E-state index in [0.717, 1.165) is 6.07 Å². The van der Waals surface area contributed by atoms with Gasteiger partial charge in [-0.2, -0.15) is 0 Å². The Labute approximate surface area is 57.2 Å². The Bertz CT molecular complexity index is 174. The Morgan fingerprint density at radius 2 is 2.22 bits per heavy atom. The van der Waals surface area contributed by atoms with Gasteiger partial charge < -0.3 is 5.73 Å². The SMILES string of the molecule is Nc1[c]c(F)cc(Cl)c1. The topological polar surface area (TPSA) is 26.0 Å². The number of hydrogen-bond acceptors (Lipinski definition) is 1. The minimum atomic E-state index is -0.528. The van der Waals surface area contributed by atoms with Crippen LogP contribution in [0.15, 0.2) is 12.1 Å². The molecule has 0 unspecified atom stereocenters. The summed E-state index contributed by atoms with van der Waals surface area (Å²) in [6, 6.07) is 4.82. The molecule has 1 aromatic rings. The molecule has 0 heterocycles. The van der Waals surface area contributed by atoms with Crippen LogP contribution in [0.4, 0.5) is 10.1 Å². The van der Waals surface area contributed by atoms with E-state index >= 15 is 0 Å². The van der Waals surface area contributed by atoms with Crippen LogP contribution in [0.2, 0.25) is 5.02 Å². The van der Waals surface area contributed by atoms with E-state index in [9.17, 15) is 4.39 Å². The van der Waals surface area contributed by atoms with E-state index < -0.39 is 5.82 Å². The fraction of sp³-hybridized carbons (Fsp3) is 0. The van der Waals surface area contributed by atoms with Gasteiger partial charge in [0.25, 0.3) is 0 Å². The zero-order valence-corrected chi connectivity index (χ0v) is 5.24. The molecule has 0 aliphatic heterocycles. The summed E-state index contributed by atoms with van der Waals surface area (Å²) >= 11 is 5.41. The van der Waals surface area contributed by atoms with Crippen molar-refractivity contribution in [3.63, 3.8) is 0 Å². The molecule has 2 N–H and O–H groups in total. The van der Waals surface area contributed by atoms with Crippen molar-refractivity contribution in [2.45, 2.75) is 0 Å². The van der Waals surface area contributed by atoms with Crippen LogP contribution in [0.3, 0.4) is 0 Å². The van der Waals surface area contributed by atoms with Gasteiger partial charge in [-0.1, -0.05) is 11.6 Å². The average molecular weight is 145 g/mol. The van der Waals surface area contributed by atoms with Gasteiger partial charge in [0, 0.05) is 16.8 Å². The summed E-state index contributed by atoms with van der Waals surface area (Å²) in [7, 11) is 0. The largest absolute Gasteiger partial charge is 0.398 e. The highest BCUT2D eigenvalue weighted by molar-refractivity contribution is 6.30. The Morgan fingerprint density at radius 1 is 1.56 bits per heavy atom. The monoisotopic (exact) mass is 144 g/mol. The van der Waals surface area contributed by atoms with Crippen molar-refractivity contribution in [2.75, 3.05) is 5.73 Å². The van der Waals surface area contributed by atoms with Crippen molar-refractivity contribution < 1.29 is 4.39 Å². The zero-order valence-electron chi connectivity index (χ0n) is 4.49. The maximum Gasteiger partial charge on any atom is 0.134 e. The van der Waals surface area contributed by atoms with Gasteiger partial charge in [0.2, 0.25) is 0 Å². The molecular weight excluding hydrogens is 141 g/mol. The smallest absolute Gasteiger partial charge is 0.134 e. The lowest BCUT2D eigenvalue weighted by Gasteiger charge is -1.91. The fourth-order valence-corrected chi connectivity index (χ4v) is 0.735. The predicted octanol–water partition coefficient (Wildman–Crippen LogP) is 1.86. The van der Waals surface area contributed by atoms with Gasteiger partial charge >= 0.3 is 0 Å². The summed E-state index contributed by atoms with van der Waals surface area (Å²) in [6.07, 6.45) is 0. The molecule has 0 atom stereocenters. The maximum absolute atomic E-state index is 12.2. The van der Waals surface area contributed by atoms with Crippen molar-refractivity contribution in [3.05, 3.63) is 29.0 Å². The number of halogens is 2. The zero-order chi connectivity index (χ0) is 6.85. The van der Waals surface area contributed by atoms with Crippen molar-refractivity contribution in [2.24, 2.45) is 0 Å². The molecular formula is C6H4ClFN. The van der Waals surface area contributed by atoms with E-state index in [1.165, 1.54) is 6.07 Å². The molecule has 1 radical (unpaired) electrons. The molecule has 0 aliphatic rings.